The molecule has 92 valence electrons. The van der Waals surface area contributed by atoms with Crippen LogP contribution in [0.2, 0.25) is 0 Å². The highest BCUT2D eigenvalue weighted by Crippen LogP contribution is 2.11. The van der Waals surface area contributed by atoms with Crippen LogP contribution in [-0.2, 0) is 11.2 Å². The van der Waals surface area contributed by atoms with Crippen molar-refractivity contribution in [1.82, 2.24) is 5.32 Å². The van der Waals surface area contributed by atoms with Crippen molar-refractivity contribution in [3.05, 3.63) is 39.9 Å². The van der Waals surface area contributed by atoms with Gasteiger partial charge in [0.15, 0.2) is 0 Å². The topological polar surface area (TPSA) is 98.3 Å². The summed E-state index contributed by atoms with van der Waals surface area (Å²) in [7, 11) is 0. The Bertz CT molecular complexity index is 403. The van der Waals surface area contributed by atoms with Gasteiger partial charge in [0.25, 0.3) is 5.69 Å². The Morgan fingerprint density at radius 1 is 1.47 bits per heavy atom. The quantitative estimate of drug-likeness (QED) is 0.559. The minimum atomic E-state index is -0.433. The molecule has 0 spiro atoms. The summed E-state index contributed by atoms with van der Waals surface area (Å²) in [5.74, 6) is -0.395. The zero-order valence-electron chi connectivity index (χ0n) is 9.55. The second kappa shape index (κ2) is 5.95. The van der Waals surface area contributed by atoms with E-state index in [4.69, 9.17) is 5.73 Å². The van der Waals surface area contributed by atoms with Gasteiger partial charge in [-0.15, -0.1) is 0 Å². The molecule has 0 aliphatic heterocycles. The number of rotatable bonds is 6. The number of hydrogen-bond donors (Lipinski definition) is 2. The van der Waals surface area contributed by atoms with Gasteiger partial charge in [0.1, 0.15) is 0 Å². The molecule has 0 bridgehead atoms. The lowest BCUT2D eigenvalue weighted by Gasteiger charge is -2.09. The third-order valence-corrected chi connectivity index (χ3v) is 2.44. The van der Waals surface area contributed by atoms with E-state index in [1.54, 1.807) is 19.1 Å². The van der Waals surface area contributed by atoms with Crippen molar-refractivity contribution in [2.24, 2.45) is 5.73 Å². The first-order chi connectivity index (χ1) is 8.00. The van der Waals surface area contributed by atoms with Crippen molar-refractivity contribution in [3.63, 3.8) is 0 Å². The van der Waals surface area contributed by atoms with Gasteiger partial charge in [0, 0.05) is 12.1 Å². The highest BCUT2D eigenvalue weighted by molar-refractivity contribution is 5.79. The number of benzene rings is 1. The number of carbonyl (C=O) groups is 1. The number of nitrogens with two attached hydrogens (primary N) is 1. The van der Waals surface area contributed by atoms with Crippen LogP contribution in [0.15, 0.2) is 24.3 Å². The second-order valence-electron chi connectivity index (χ2n) is 3.75. The number of nitrogens with one attached hydrogen (secondary N) is 1. The molecule has 6 nitrogen and oxygen atoms in total. The fraction of sp³-hybridized carbons (Fsp3) is 0.364. The predicted octanol–water partition coefficient (Wildman–Crippen LogP) is 0.601. The van der Waals surface area contributed by atoms with Gasteiger partial charge in [-0.25, -0.2) is 0 Å². The van der Waals surface area contributed by atoms with Gasteiger partial charge in [-0.2, -0.15) is 0 Å². The maximum absolute atomic E-state index is 10.7. The molecule has 0 aliphatic carbocycles. The van der Waals surface area contributed by atoms with Crippen LogP contribution >= 0.6 is 0 Å². The van der Waals surface area contributed by atoms with E-state index < -0.39 is 10.8 Å². The summed E-state index contributed by atoms with van der Waals surface area (Å²) in [5.41, 5.74) is 6.14. The lowest BCUT2D eigenvalue weighted by Crippen LogP contribution is -2.39. The molecule has 1 atom stereocenters. The maximum atomic E-state index is 10.7. The molecule has 1 aromatic carbocycles. The van der Waals surface area contributed by atoms with Crippen LogP contribution in [0.3, 0.4) is 0 Å². The molecule has 0 heterocycles. The first kappa shape index (κ1) is 13.1. The molecule has 0 radical (unpaired) electrons. The smallest absolute Gasteiger partial charge is 0.269 e. The highest BCUT2D eigenvalue weighted by Gasteiger charge is 2.07. The number of non-ortho nitro benzene ring substituents is 1. The third-order valence-electron chi connectivity index (χ3n) is 2.44. The van der Waals surface area contributed by atoms with Gasteiger partial charge in [-0.05, 0) is 25.5 Å². The Morgan fingerprint density at radius 2 is 2.06 bits per heavy atom. The SMILES string of the molecule is CC(NCCc1ccc([N+](=O)[O-])cc1)C(N)=O. The molecule has 6 heteroatoms. The Hall–Kier alpha value is -1.95. The minimum Gasteiger partial charge on any atom is -0.368 e. The van der Waals surface area contributed by atoms with E-state index in [1.807, 2.05) is 0 Å². The monoisotopic (exact) mass is 237 g/mol. The molecule has 0 saturated heterocycles. The molecule has 0 aliphatic rings. The first-order valence-electron chi connectivity index (χ1n) is 5.26. The van der Waals surface area contributed by atoms with Crippen LogP contribution in [0.25, 0.3) is 0 Å². The van der Waals surface area contributed by atoms with E-state index in [1.165, 1.54) is 12.1 Å². The van der Waals surface area contributed by atoms with E-state index in [-0.39, 0.29) is 11.7 Å². The lowest BCUT2D eigenvalue weighted by molar-refractivity contribution is -0.384. The summed E-state index contributed by atoms with van der Waals surface area (Å²) < 4.78 is 0. The van der Waals surface area contributed by atoms with Crippen molar-refractivity contribution in [3.8, 4) is 0 Å². The molecule has 0 aromatic heterocycles. The Morgan fingerprint density at radius 3 is 2.53 bits per heavy atom. The average molecular weight is 237 g/mol. The van der Waals surface area contributed by atoms with Gasteiger partial charge in [0.05, 0.1) is 11.0 Å². The maximum Gasteiger partial charge on any atom is 0.269 e. The van der Waals surface area contributed by atoms with Crippen molar-refractivity contribution in [2.75, 3.05) is 6.54 Å². The van der Waals surface area contributed by atoms with Crippen LogP contribution in [0.4, 0.5) is 5.69 Å². The number of primary amides is 1. The largest absolute Gasteiger partial charge is 0.368 e. The summed E-state index contributed by atoms with van der Waals surface area (Å²) in [6, 6.07) is 5.97. The molecule has 1 unspecified atom stereocenters. The van der Waals surface area contributed by atoms with Gasteiger partial charge < -0.3 is 11.1 Å². The van der Waals surface area contributed by atoms with Crippen LogP contribution in [0.1, 0.15) is 12.5 Å². The third kappa shape index (κ3) is 4.20. The Labute approximate surface area is 99.0 Å². The molecule has 17 heavy (non-hydrogen) atoms. The van der Waals surface area contributed by atoms with E-state index in [2.05, 4.69) is 5.32 Å². The summed E-state index contributed by atoms with van der Waals surface area (Å²) in [6.07, 6.45) is 0.690. The first-order valence-corrected chi connectivity index (χ1v) is 5.26. The van der Waals surface area contributed by atoms with Gasteiger partial charge in [-0.3, -0.25) is 14.9 Å². The van der Waals surface area contributed by atoms with E-state index in [9.17, 15) is 14.9 Å². The van der Waals surface area contributed by atoms with E-state index in [0.29, 0.717) is 13.0 Å². The summed E-state index contributed by atoms with van der Waals surface area (Å²) >= 11 is 0. The molecule has 3 N–H and O–H groups in total. The zero-order valence-corrected chi connectivity index (χ0v) is 9.55. The van der Waals surface area contributed by atoms with Crippen molar-refractivity contribution < 1.29 is 9.72 Å². The average Bonchev–Trinajstić information content (AvgIpc) is 2.29. The number of nitro groups is 1. The van der Waals surface area contributed by atoms with Crippen LogP contribution in [0.5, 0.6) is 0 Å². The highest BCUT2D eigenvalue weighted by atomic mass is 16.6. The summed E-state index contributed by atoms with van der Waals surface area (Å²) in [5, 5.41) is 13.4. The van der Waals surface area contributed by atoms with Gasteiger partial charge >= 0.3 is 0 Å². The van der Waals surface area contributed by atoms with Gasteiger partial charge in [-0.1, -0.05) is 12.1 Å². The van der Waals surface area contributed by atoms with Crippen molar-refractivity contribution >= 4 is 11.6 Å². The molecular formula is C11H15N3O3. The fourth-order valence-corrected chi connectivity index (χ4v) is 1.32. The molecule has 0 saturated carbocycles. The summed E-state index contributed by atoms with van der Waals surface area (Å²) in [4.78, 5) is 20.7. The van der Waals surface area contributed by atoms with E-state index >= 15 is 0 Å². The van der Waals surface area contributed by atoms with Crippen LogP contribution in [-0.4, -0.2) is 23.4 Å². The molecule has 0 fully saturated rings. The normalized spacial score (nSPS) is 12.1. The van der Waals surface area contributed by atoms with Crippen molar-refractivity contribution in [2.45, 2.75) is 19.4 Å². The lowest BCUT2D eigenvalue weighted by atomic mass is 10.1. The standard InChI is InChI=1S/C11H15N3O3/c1-8(11(12)15)13-7-6-9-2-4-10(5-3-9)14(16)17/h2-5,8,13H,6-7H2,1H3,(H2,12,15). The van der Waals surface area contributed by atoms with E-state index in [0.717, 1.165) is 5.56 Å². The molecule has 1 amide bonds. The molecular weight excluding hydrogens is 222 g/mol. The summed E-state index contributed by atoms with van der Waals surface area (Å²) in [6.45, 7) is 2.29. The fourth-order valence-electron chi connectivity index (χ4n) is 1.32. The molecule has 1 rings (SSSR count). The van der Waals surface area contributed by atoms with Crippen molar-refractivity contribution in [1.29, 1.82) is 0 Å². The minimum absolute atomic E-state index is 0.0761. The van der Waals surface area contributed by atoms with Crippen LogP contribution in [0, 0.1) is 10.1 Å². The second-order valence-corrected chi connectivity index (χ2v) is 3.75. The number of hydrogen-bond acceptors (Lipinski definition) is 4. The Kier molecular flexibility index (Phi) is 4.59. The van der Waals surface area contributed by atoms with Crippen LogP contribution < -0.4 is 11.1 Å². The van der Waals surface area contributed by atoms with Gasteiger partial charge in [0.2, 0.25) is 5.91 Å². The number of nitro benzene ring substituents is 1. The molecule has 1 aromatic rings. The predicted molar refractivity (Wildman–Crippen MR) is 63.5 cm³/mol. The number of nitrogens with zero attached hydrogens (tertiary/aromatic N) is 1. The number of amides is 1. The number of carbonyl (C=O) groups excluding carboxylic acids is 1. The zero-order chi connectivity index (χ0) is 12.8. The Balaban J connectivity index is 2.42.